The minimum Gasteiger partial charge on any atom is -0.480 e. The van der Waals surface area contributed by atoms with E-state index >= 15 is 0 Å². The van der Waals surface area contributed by atoms with Crippen molar-refractivity contribution >= 4 is 5.97 Å². The average Bonchev–Trinajstić information content (AvgIpc) is 2.28. The smallest absolute Gasteiger partial charge is 0.320 e. The van der Waals surface area contributed by atoms with Crippen LogP contribution in [0.4, 0.5) is 0 Å². The fraction of sp³-hybridized carbons (Fsp3) is 0.462. The predicted molar refractivity (Wildman–Crippen MR) is 63.5 cm³/mol. The van der Waals surface area contributed by atoms with Crippen LogP contribution in [0.2, 0.25) is 0 Å². The van der Waals surface area contributed by atoms with Gasteiger partial charge in [-0.2, -0.15) is 0 Å². The van der Waals surface area contributed by atoms with Crippen LogP contribution in [0.25, 0.3) is 0 Å². The zero-order valence-corrected chi connectivity index (χ0v) is 10.0. The fourth-order valence-corrected chi connectivity index (χ4v) is 2.09. The first kappa shape index (κ1) is 12.1. The minimum atomic E-state index is -0.831. The maximum Gasteiger partial charge on any atom is 0.320 e. The Balaban J connectivity index is 2.21. The van der Waals surface area contributed by atoms with Crippen molar-refractivity contribution in [2.75, 3.05) is 0 Å². The summed E-state index contributed by atoms with van der Waals surface area (Å²) in [6.45, 7) is 3.83. The van der Waals surface area contributed by atoms with E-state index in [1.165, 1.54) is 0 Å². The molecule has 0 amide bonds. The van der Waals surface area contributed by atoms with E-state index in [4.69, 9.17) is 9.84 Å². The van der Waals surface area contributed by atoms with Gasteiger partial charge in [-0.25, -0.2) is 0 Å². The van der Waals surface area contributed by atoms with Gasteiger partial charge in [-0.1, -0.05) is 30.3 Å². The van der Waals surface area contributed by atoms with Crippen molar-refractivity contribution in [1.82, 2.24) is 5.32 Å². The van der Waals surface area contributed by atoms with Gasteiger partial charge in [0, 0.05) is 6.42 Å². The van der Waals surface area contributed by atoms with Crippen LogP contribution >= 0.6 is 0 Å². The molecule has 0 radical (unpaired) electrons. The first-order chi connectivity index (χ1) is 7.98. The molecule has 2 atom stereocenters. The number of rotatable bonds is 2. The number of aliphatic carboxylic acids is 1. The summed E-state index contributed by atoms with van der Waals surface area (Å²) in [4.78, 5) is 11.1. The first-order valence-electron chi connectivity index (χ1n) is 5.69. The van der Waals surface area contributed by atoms with Crippen LogP contribution in [-0.4, -0.2) is 22.7 Å². The molecule has 1 aliphatic rings. The second kappa shape index (κ2) is 4.47. The first-order valence-corrected chi connectivity index (χ1v) is 5.69. The summed E-state index contributed by atoms with van der Waals surface area (Å²) >= 11 is 0. The molecule has 1 aromatic carbocycles. The molecule has 0 aromatic heterocycles. The number of benzene rings is 1. The van der Waals surface area contributed by atoms with E-state index in [-0.39, 0.29) is 6.23 Å². The standard InChI is InChI=1S/C13H17NO3/c1-13(2)8-10(12(15)16)14-11(17-13)9-6-4-3-5-7-9/h3-7,10-11,14H,8H2,1-2H3,(H,15,16). The zero-order chi connectivity index (χ0) is 12.5. The number of ether oxygens (including phenoxy) is 1. The Labute approximate surface area is 101 Å². The Bertz CT molecular complexity index is 402. The quantitative estimate of drug-likeness (QED) is 0.822. The van der Waals surface area contributed by atoms with Gasteiger partial charge >= 0.3 is 5.97 Å². The van der Waals surface area contributed by atoms with E-state index in [0.717, 1.165) is 5.56 Å². The van der Waals surface area contributed by atoms with Crippen LogP contribution in [0.3, 0.4) is 0 Å². The molecular weight excluding hydrogens is 218 g/mol. The van der Waals surface area contributed by atoms with Crippen molar-refractivity contribution < 1.29 is 14.6 Å². The van der Waals surface area contributed by atoms with Gasteiger partial charge in [0.1, 0.15) is 12.3 Å². The van der Waals surface area contributed by atoms with Crippen LogP contribution < -0.4 is 5.32 Å². The molecule has 2 N–H and O–H groups in total. The summed E-state index contributed by atoms with van der Waals surface area (Å²) in [7, 11) is 0. The lowest BCUT2D eigenvalue weighted by Crippen LogP contribution is -2.52. The fourth-order valence-electron chi connectivity index (χ4n) is 2.09. The van der Waals surface area contributed by atoms with Crippen molar-refractivity contribution in [1.29, 1.82) is 0 Å². The van der Waals surface area contributed by atoms with E-state index < -0.39 is 17.6 Å². The van der Waals surface area contributed by atoms with Gasteiger partial charge in [0.15, 0.2) is 0 Å². The number of carboxylic acid groups (broad SMARTS) is 1. The van der Waals surface area contributed by atoms with E-state index in [2.05, 4.69) is 5.32 Å². The van der Waals surface area contributed by atoms with Crippen LogP contribution in [0.5, 0.6) is 0 Å². The predicted octanol–water partition coefficient (Wildman–Crippen LogP) is 1.93. The summed E-state index contributed by atoms with van der Waals surface area (Å²) in [6, 6.07) is 9.04. The number of carbonyl (C=O) groups is 1. The molecule has 1 aliphatic heterocycles. The van der Waals surface area contributed by atoms with Crippen LogP contribution in [0.1, 0.15) is 32.1 Å². The van der Waals surface area contributed by atoms with Crippen molar-refractivity contribution in [2.24, 2.45) is 0 Å². The number of carboxylic acids is 1. The SMILES string of the molecule is CC1(C)CC(C(=O)O)NC(c2ccccc2)O1. The van der Waals surface area contributed by atoms with Gasteiger partial charge in [-0.3, -0.25) is 10.1 Å². The Morgan fingerprint density at radius 2 is 2.06 bits per heavy atom. The average molecular weight is 235 g/mol. The second-order valence-electron chi connectivity index (χ2n) is 4.93. The molecule has 0 spiro atoms. The van der Waals surface area contributed by atoms with Crippen LogP contribution in [0.15, 0.2) is 30.3 Å². The lowest BCUT2D eigenvalue weighted by Gasteiger charge is -2.40. The Hall–Kier alpha value is -1.39. The van der Waals surface area contributed by atoms with Gasteiger partial charge in [-0.05, 0) is 19.4 Å². The molecule has 0 bridgehead atoms. The summed E-state index contributed by atoms with van der Waals surface area (Å²) in [5.74, 6) is -0.831. The van der Waals surface area contributed by atoms with Gasteiger partial charge in [-0.15, -0.1) is 0 Å². The molecule has 1 fully saturated rings. The van der Waals surface area contributed by atoms with E-state index in [0.29, 0.717) is 6.42 Å². The highest BCUT2D eigenvalue weighted by Crippen LogP contribution is 2.31. The largest absolute Gasteiger partial charge is 0.480 e. The second-order valence-corrected chi connectivity index (χ2v) is 4.93. The topological polar surface area (TPSA) is 58.6 Å². The van der Waals surface area contributed by atoms with E-state index in [1.54, 1.807) is 0 Å². The van der Waals surface area contributed by atoms with E-state index in [9.17, 15) is 4.79 Å². The lowest BCUT2D eigenvalue weighted by molar-refractivity contribution is -0.162. The highest BCUT2D eigenvalue weighted by atomic mass is 16.5. The Morgan fingerprint density at radius 3 is 2.65 bits per heavy atom. The molecular formula is C13H17NO3. The molecule has 0 aliphatic carbocycles. The maximum atomic E-state index is 11.1. The number of hydrogen-bond acceptors (Lipinski definition) is 3. The molecule has 1 aromatic rings. The van der Waals surface area contributed by atoms with Gasteiger partial charge in [0.25, 0.3) is 0 Å². The Kier molecular flexibility index (Phi) is 3.17. The number of nitrogens with one attached hydrogen (secondary N) is 1. The monoisotopic (exact) mass is 235 g/mol. The molecule has 0 saturated carbocycles. The minimum absolute atomic E-state index is 0.360. The molecule has 1 heterocycles. The third-order valence-corrected chi connectivity index (χ3v) is 2.89. The van der Waals surface area contributed by atoms with Gasteiger partial charge < -0.3 is 9.84 Å². The van der Waals surface area contributed by atoms with Crippen LogP contribution in [0, 0.1) is 0 Å². The van der Waals surface area contributed by atoms with Crippen LogP contribution in [-0.2, 0) is 9.53 Å². The third-order valence-electron chi connectivity index (χ3n) is 2.89. The molecule has 2 rings (SSSR count). The van der Waals surface area contributed by atoms with Crippen molar-refractivity contribution in [3.63, 3.8) is 0 Å². The molecule has 17 heavy (non-hydrogen) atoms. The van der Waals surface area contributed by atoms with Crippen molar-refractivity contribution in [2.45, 2.75) is 38.1 Å². The molecule has 2 unspecified atom stereocenters. The summed E-state index contributed by atoms with van der Waals surface area (Å²) in [6.07, 6.45) is 0.104. The normalized spacial score (nSPS) is 27.6. The summed E-state index contributed by atoms with van der Waals surface area (Å²) in [5.41, 5.74) is 0.515. The lowest BCUT2D eigenvalue weighted by atomic mass is 9.95. The molecule has 4 heteroatoms. The maximum absolute atomic E-state index is 11.1. The highest BCUT2D eigenvalue weighted by molar-refractivity contribution is 5.73. The van der Waals surface area contributed by atoms with Gasteiger partial charge in [0.2, 0.25) is 0 Å². The van der Waals surface area contributed by atoms with Crippen molar-refractivity contribution in [3.05, 3.63) is 35.9 Å². The molecule has 4 nitrogen and oxygen atoms in total. The third kappa shape index (κ3) is 2.84. The Morgan fingerprint density at radius 1 is 1.41 bits per heavy atom. The van der Waals surface area contributed by atoms with E-state index in [1.807, 2.05) is 44.2 Å². The van der Waals surface area contributed by atoms with Gasteiger partial charge in [0.05, 0.1) is 5.60 Å². The van der Waals surface area contributed by atoms with Crippen molar-refractivity contribution in [3.8, 4) is 0 Å². The molecule has 1 saturated heterocycles. The summed E-state index contributed by atoms with van der Waals surface area (Å²) in [5, 5.41) is 12.1. The summed E-state index contributed by atoms with van der Waals surface area (Å²) < 4.78 is 5.87. The molecule has 92 valence electrons. The zero-order valence-electron chi connectivity index (χ0n) is 10.0. The highest BCUT2D eigenvalue weighted by Gasteiger charge is 2.37. The number of hydrogen-bond donors (Lipinski definition) is 2.